The molecule has 172 valence electrons. The molecule has 1 saturated heterocycles. The number of fused-ring (bicyclic) bond motifs is 2. The number of carbonyl (C=O) groups excluding carboxylic acids is 2. The number of hydrogen-bond acceptors (Lipinski definition) is 5. The summed E-state index contributed by atoms with van der Waals surface area (Å²) in [6.07, 6.45) is 1.99. The van der Waals surface area contributed by atoms with Crippen LogP contribution in [0.15, 0.2) is 48.7 Å². The van der Waals surface area contributed by atoms with E-state index in [-0.39, 0.29) is 24.7 Å². The highest BCUT2D eigenvalue weighted by atomic mass is 16.7. The maximum absolute atomic E-state index is 13.4. The second kappa shape index (κ2) is 9.05. The molecule has 2 aliphatic heterocycles. The van der Waals surface area contributed by atoms with E-state index in [0.29, 0.717) is 45.0 Å². The minimum atomic E-state index is -0.318. The van der Waals surface area contributed by atoms with Crippen LogP contribution in [0.3, 0.4) is 0 Å². The molecule has 1 aromatic heterocycles. The number of nitrogens with zero attached hydrogens (tertiary/aromatic N) is 2. The Labute approximate surface area is 192 Å². The number of carbonyl (C=O) groups is 2. The Morgan fingerprint density at radius 2 is 1.79 bits per heavy atom. The molecule has 2 aromatic carbocycles. The van der Waals surface area contributed by atoms with E-state index in [1.807, 2.05) is 47.5 Å². The first-order chi connectivity index (χ1) is 16.1. The number of rotatable bonds is 5. The molecule has 0 radical (unpaired) electrons. The van der Waals surface area contributed by atoms with E-state index in [1.165, 1.54) is 0 Å². The smallest absolute Gasteiger partial charge is 0.409 e. The monoisotopic (exact) mass is 449 g/mol. The summed E-state index contributed by atoms with van der Waals surface area (Å²) in [7, 11) is 0. The van der Waals surface area contributed by atoms with Crippen LogP contribution in [0.25, 0.3) is 10.9 Å². The predicted octanol–water partition coefficient (Wildman–Crippen LogP) is 3.72. The van der Waals surface area contributed by atoms with Crippen molar-refractivity contribution >= 4 is 22.9 Å². The topological polar surface area (TPSA) is 84.1 Å². The normalized spacial score (nSPS) is 16.2. The van der Waals surface area contributed by atoms with Gasteiger partial charge in [-0.15, -0.1) is 0 Å². The lowest BCUT2D eigenvalue weighted by Crippen LogP contribution is -2.50. The largest absolute Gasteiger partial charge is 0.454 e. The maximum Gasteiger partial charge on any atom is 0.409 e. The van der Waals surface area contributed by atoms with Crippen molar-refractivity contribution in [2.75, 3.05) is 39.6 Å². The van der Waals surface area contributed by atoms with Gasteiger partial charge in [0, 0.05) is 55.6 Å². The summed E-state index contributed by atoms with van der Waals surface area (Å²) in [4.78, 5) is 32.2. The fourth-order valence-electron chi connectivity index (χ4n) is 4.58. The van der Waals surface area contributed by atoms with Gasteiger partial charge in [0.15, 0.2) is 11.5 Å². The Hall–Kier alpha value is -3.68. The van der Waals surface area contributed by atoms with Gasteiger partial charge in [-0.25, -0.2) is 4.79 Å². The third-order valence-corrected chi connectivity index (χ3v) is 6.33. The second-order valence-electron chi connectivity index (χ2n) is 8.23. The van der Waals surface area contributed by atoms with Gasteiger partial charge >= 0.3 is 6.09 Å². The van der Waals surface area contributed by atoms with E-state index in [9.17, 15) is 9.59 Å². The van der Waals surface area contributed by atoms with Crippen molar-refractivity contribution in [1.29, 1.82) is 0 Å². The summed E-state index contributed by atoms with van der Waals surface area (Å²) in [5.41, 5.74) is 3.11. The molecule has 33 heavy (non-hydrogen) atoms. The second-order valence-corrected chi connectivity index (χ2v) is 8.23. The Morgan fingerprint density at radius 1 is 1.03 bits per heavy atom. The van der Waals surface area contributed by atoms with E-state index in [2.05, 4.69) is 11.1 Å². The molecule has 1 N–H and O–H groups in total. The van der Waals surface area contributed by atoms with Gasteiger partial charge in [0.25, 0.3) is 0 Å². The van der Waals surface area contributed by atoms with Crippen LogP contribution >= 0.6 is 0 Å². The molecule has 2 amide bonds. The van der Waals surface area contributed by atoms with Crippen LogP contribution < -0.4 is 9.47 Å². The highest BCUT2D eigenvalue weighted by Gasteiger charge is 2.29. The lowest BCUT2D eigenvalue weighted by Gasteiger charge is -2.34. The molecule has 5 rings (SSSR count). The van der Waals surface area contributed by atoms with Gasteiger partial charge < -0.3 is 29.0 Å². The molecule has 0 saturated carbocycles. The van der Waals surface area contributed by atoms with Gasteiger partial charge in [-0.05, 0) is 36.2 Å². The van der Waals surface area contributed by atoms with Crippen LogP contribution in [-0.4, -0.2) is 66.4 Å². The molecule has 3 heterocycles. The van der Waals surface area contributed by atoms with Crippen molar-refractivity contribution in [3.63, 3.8) is 0 Å². The van der Waals surface area contributed by atoms with Crippen LogP contribution in [-0.2, 0) is 9.53 Å². The number of hydrogen-bond donors (Lipinski definition) is 1. The first-order valence-electron chi connectivity index (χ1n) is 11.3. The van der Waals surface area contributed by atoms with E-state index in [4.69, 9.17) is 14.2 Å². The lowest BCUT2D eigenvalue weighted by molar-refractivity contribution is -0.133. The molecule has 0 unspecified atom stereocenters. The molecule has 8 nitrogen and oxygen atoms in total. The SMILES string of the molecule is CCOC(=O)N1CCN(C(=O)C[C@H](c2ccc3c(c2)OCO3)c2c[nH]c3ccccc23)CC1. The molecule has 1 atom stereocenters. The number of amides is 2. The first-order valence-corrected chi connectivity index (χ1v) is 11.3. The van der Waals surface area contributed by atoms with Crippen LogP contribution in [0.2, 0.25) is 0 Å². The van der Waals surface area contributed by atoms with Gasteiger partial charge in [0.05, 0.1) is 6.61 Å². The number of piperazine rings is 1. The number of benzene rings is 2. The van der Waals surface area contributed by atoms with Crippen LogP contribution in [0.5, 0.6) is 11.5 Å². The molecule has 2 aliphatic rings. The molecule has 3 aromatic rings. The molecular weight excluding hydrogens is 422 g/mol. The summed E-state index contributed by atoms with van der Waals surface area (Å²) < 4.78 is 16.1. The van der Waals surface area contributed by atoms with Crippen LogP contribution in [0.4, 0.5) is 4.79 Å². The van der Waals surface area contributed by atoms with Crippen molar-refractivity contribution in [1.82, 2.24) is 14.8 Å². The van der Waals surface area contributed by atoms with Crippen LogP contribution in [0.1, 0.15) is 30.4 Å². The summed E-state index contributed by atoms with van der Waals surface area (Å²) in [5, 5.41) is 1.10. The zero-order valence-corrected chi connectivity index (χ0v) is 18.6. The molecule has 0 spiro atoms. The van der Waals surface area contributed by atoms with E-state index in [1.54, 1.807) is 11.8 Å². The quantitative estimate of drug-likeness (QED) is 0.642. The van der Waals surface area contributed by atoms with E-state index < -0.39 is 0 Å². The molecule has 0 aliphatic carbocycles. The molecule has 0 bridgehead atoms. The Balaban J connectivity index is 1.39. The van der Waals surface area contributed by atoms with Crippen molar-refractivity contribution in [2.24, 2.45) is 0 Å². The molecular formula is C25H27N3O5. The first kappa shape index (κ1) is 21.2. The summed E-state index contributed by atoms with van der Waals surface area (Å²) >= 11 is 0. The van der Waals surface area contributed by atoms with Gasteiger partial charge in [-0.1, -0.05) is 24.3 Å². The number of ether oxygens (including phenoxy) is 3. The fraction of sp³-hybridized carbons (Fsp3) is 0.360. The standard InChI is InChI=1S/C25H27N3O5/c1-2-31-25(30)28-11-9-27(10-12-28)24(29)14-19(17-7-8-22-23(13-17)33-16-32-22)20-15-26-21-6-4-3-5-18(20)21/h3-8,13,15,19,26H,2,9-12,14,16H2,1H3/t19-/m1/s1. The molecule has 1 fully saturated rings. The highest BCUT2D eigenvalue weighted by Crippen LogP contribution is 2.39. The average Bonchev–Trinajstić information content (AvgIpc) is 3.49. The van der Waals surface area contributed by atoms with Gasteiger partial charge in [0.2, 0.25) is 12.7 Å². The summed E-state index contributed by atoms with van der Waals surface area (Å²) in [6.45, 7) is 4.30. The molecule has 8 heteroatoms. The van der Waals surface area contributed by atoms with Crippen molar-refractivity contribution in [2.45, 2.75) is 19.3 Å². The number of nitrogens with one attached hydrogen (secondary N) is 1. The number of H-pyrrole nitrogens is 1. The number of aromatic nitrogens is 1. The van der Waals surface area contributed by atoms with Crippen molar-refractivity contribution < 1.29 is 23.8 Å². The van der Waals surface area contributed by atoms with Gasteiger partial charge in [0.1, 0.15) is 0 Å². The lowest BCUT2D eigenvalue weighted by atomic mass is 9.87. The predicted molar refractivity (Wildman–Crippen MR) is 122 cm³/mol. The van der Waals surface area contributed by atoms with E-state index in [0.717, 1.165) is 27.8 Å². The van der Waals surface area contributed by atoms with Crippen LogP contribution in [0, 0.1) is 0 Å². The highest BCUT2D eigenvalue weighted by molar-refractivity contribution is 5.86. The maximum atomic E-state index is 13.4. The minimum Gasteiger partial charge on any atom is -0.454 e. The number of para-hydroxylation sites is 1. The third-order valence-electron chi connectivity index (χ3n) is 6.33. The Morgan fingerprint density at radius 3 is 2.61 bits per heavy atom. The zero-order chi connectivity index (χ0) is 22.8. The minimum absolute atomic E-state index is 0.0615. The van der Waals surface area contributed by atoms with E-state index >= 15 is 0 Å². The van der Waals surface area contributed by atoms with Gasteiger partial charge in [-0.3, -0.25) is 4.79 Å². The van der Waals surface area contributed by atoms with Crippen molar-refractivity contribution in [3.8, 4) is 11.5 Å². The van der Waals surface area contributed by atoms with Crippen molar-refractivity contribution in [3.05, 3.63) is 59.8 Å². The fourth-order valence-corrected chi connectivity index (χ4v) is 4.58. The zero-order valence-electron chi connectivity index (χ0n) is 18.6. The number of aromatic amines is 1. The summed E-state index contributed by atoms with van der Waals surface area (Å²) in [6, 6.07) is 14.0. The Bertz CT molecular complexity index is 1170. The average molecular weight is 450 g/mol. The third kappa shape index (κ3) is 4.20. The summed E-state index contributed by atoms with van der Waals surface area (Å²) in [5.74, 6) is 1.34. The van der Waals surface area contributed by atoms with Gasteiger partial charge in [-0.2, -0.15) is 0 Å². The Kier molecular flexibility index (Phi) is 5.81.